The monoisotopic (exact) mass is 337 g/mol. The normalized spacial score (nSPS) is 11.0. The number of carbonyl (C=O) groups excluding carboxylic acids is 1. The van der Waals surface area contributed by atoms with E-state index in [0.29, 0.717) is 37.3 Å². The van der Waals surface area contributed by atoms with Crippen molar-refractivity contribution in [1.29, 1.82) is 0 Å². The topological polar surface area (TPSA) is 84.9 Å². The van der Waals surface area contributed by atoms with Gasteiger partial charge in [0.1, 0.15) is 0 Å². The summed E-state index contributed by atoms with van der Waals surface area (Å²) in [5, 5.41) is 11.5. The van der Waals surface area contributed by atoms with Crippen molar-refractivity contribution in [3.05, 3.63) is 23.8 Å². The number of methoxy groups -OCH3 is 2. The van der Waals surface area contributed by atoms with Gasteiger partial charge < -0.3 is 19.9 Å². The number of rotatable bonds is 10. The van der Waals surface area contributed by atoms with E-state index in [0.717, 1.165) is 5.56 Å². The summed E-state index contributed by atoms with van der Waals surface area (Å²) in [5.74, 6) is 0.432. The lowest BCUT2D eigenvalue weighted by Gasteiger charge is -2.26. The number of benzene rings is 1. The minimum atomic E-state index is -0.829. The Bertz CT molecular complexity index is 569. The van der Waals surface area contributed by atoms with Gasteiger partial charge in [0, 0.05) is 24.8 Å². The minimum absolute atomic E-state index is 0.0612. The van der Waals surface area contributed by atoms with E-state index < -0.39 is 5.97 Å². The van der Waals surface area contributed by atoms with Gasteiger partial charge in [-0.05, 0) is 30.5 Å². The van der Waals surface area contributed by atoms with Crippen LogP contribution in [0.15, 0.2) is 18.2 Å². The number of aliphatic carboxylic acids is 1. The second-order valence-corrected chi connectivity index (χ2v) is 6.33. The third kappa shape index (κ3) is 6.10. The number of amides is 1. The first-order valence-electron chi connectivity index (χ1n) is 8.01. The summed E-state index contributed by atoms with van der Waals surface area (Å²) in [6.07, 6.45) is 1.54. The largest absolute Gasteiger partial charge is 0.493 e. The maximum absolute atomic E-state index is 11.9. The lowest BCUT2D eigenvalue weighted by molar-refractivity contribution is -0.137. The molecule has 0 saturated heterocycles. The predicted octanol–water partition coefficient (Wildman–Crippen LogP) is 2.74. The number of hydrogen-bond acceptors (Lipinski definition) is 4. The summed E-state index contributed by atoms with van der Waals surface area (Å²) in [5.41, 5.74) is 0.766. The average molecular weight is 337 g/mol. The molecular formula is C18H27NO5. The highest BCUT2D eigenvalue weighted by atomic mass is 16.5. The standard InChI is InChI=1S/C18H27NO5/c1-18(2,12-19-16(20)7-5-6-8-17(21)22)13-9-10-14(23-3)15(11-13)24-4/h9-11H,5-8,12H2,1-4H3,(H,19,20)(H,21,22). The van der Waals surface area contributed by atoms with Gasteiger partial charge in [-0.25, -0.2) is 0 Å². The van der Waals surface area contributed by atoms with Crippen LogP contribution in [0.2, 0.25) is 0 Å². The molecule has 0 aromatic heterocycles. The molecule has 0 unspecified atom stereocenters. The highest BCUT2D eigenvalue weighted by Gasteiger charge is 2.23. The SMILES string of the molecule is COc1ccc(C(C)(C)CNC(=O)CCCCC(=O)O)cc1OC. The summed E-state index contributed by atoms with van der Waals surface area (Å²) in [6, 6.07) is 5.72. The number of nitrogens with one attached hydrogen (secondary N) is 1. The molecular weight excluding hydrogens is 310 g/mol. The molecule has 1 aromatic carbocycles. The molecule has 0 saturated carbocycles. The van der Waals surface area contributed by atoms with E-state index in [9.17, 15) is 9.59 Å². The van der Waals surface area contributed by atoms with Crippen LogP contribution in [0.25, 0.3) is 0 Å². The van der Waals surface area contributed by atoms with E-state index in [1.165, 1.54) is 0 Å². The van der Waals surface area contributed by atoms with E-state index in [1.807, 2.05) is 32.0 Å². The lowest BCUT2D eigenvalue weighted by atomic mass is 9.84. The zero-order chi connectivity index (χ0) is 18.2. The first kappa shape index (κ1) is 19.8. The number of carboxylic acids is 1. The van der Waals surface area contributed by atoms with Gasteiger partial charge >= 0.3 is 5.97 Å². The zero-order valence-corrected chi connectivity index (χ0v) is 14.8. The zero-order valence-electron chi connectivity index (χ0n) is 14.8. The van der Waals surface area contributed by atoms with E-state index >= 15 is 0 Å². The van der Waals surface area contributed by atoms with E-state index in [1.54, 1.807) is 14.2 Å². The van der Waals surface area contributed by atoms with Gasteiger partial charge in [-0.3, -0.25) is 9.59 Å². The number of carboxylic acid groups (broad SMARTS) is 1. The quantitative estimate of drug-likeness (QED) is 0.641. The molecule has 6 nitrogen and oxygen atoms in total. The average Bonchev–Trinajstić information content (AvgIpc) is 2.56. The van der Waals surface area contributed by atoms with Gasteiger partial charge in [0.2, 0.25) is 5.91 Å². The molecule has 0 heterocycles. The second-order valence-electron chi connectivity index (χ2n) is 6.33. The molecule has 2 N–H and O–H groups in total. The Balaban J connectivity index is 2.56. The van der Waals surface area contributed by atoms with Crippen LogP contribution in [0.5, 0.6) is 11.5 Å². The van der Waals surface area contributed by atoms with Crippen LogP contribution in [0.1, 0.15) is 45.1 Å². The molecule has 0 spiro atoms. The smallest absolute Gasteiger partial charge is 0.303 e. The molecule has 6 heteroatoms. The summed E-state index contributed by atoms with van der Waals surface area (Å²) < 4.78 is 10.6. The van der Waals surface area contributed by atoms with Crippen molar-refractivity contribution >= 4 is 11.9 Å². The van der Waals surface area contributed by atoms with E-state index in [-0.39, 0.29) is 17.7 Å². The summed E-state index contributed by atoms with van der Waals surface area (Å²) >= 11 is 0. The van der Waals surface area contributed by atoms with Crippen LogP contribution in [-0.2, 0) is 15.0 Å². The highest BCUT2D eigenvalue weighted by Crippen LogP contribution is 2.32. The Morgan fingerprint density at radius 3 is 2.29 bits per heavy atom. The molecule has 0 radical (unpaired) electrons. The Morgan fingerprint density at radius 1 is 1.08 bits per heavy atom. The third-order valence-electron chi connectivity index (χ3n) is 3.94. The van der Waals surface area contributed by atoms with Gasteiger partial charge in [-0.15, -0.1) is 0 Å². The third-order valence-corrected chi connectivity index (χ3v) is 3.94. The first-order valence-corrected chi connectivity index (χ1v) is 8.01. The van der Waals surface area contributed by atoms with Crippen LogP contribution in [0, 0.1) is 0 Å². The van der Waals surface area contributed by atoms with Crippen molar-refractivity contribution in [2.75, 3.05) is 20.8 Å². The predicted molar refractivity (Wildman–Crippen MR) is 91.7 cm³/mol. The lowest BCUT2D eigenvalue weighted by Crippen LogP contribution is -2.36. The highest BCUT2D eigenvalue weighted by molar-refractivity contribution is 5.76. The van der Waals surface area contributed by atoms with Gasteiger partial charge in [-0.1, -0.05) is 19.9 Å². The van der Waals surface area contributed by atoms with E-state index in [2.05, 4.69) is 5.32 Å². The van der Waals surface area contributed by atoms with Crippen molar-refractivity contribution in [3.63, 3.8) is 0 Å². The Morgan fingerprint density at radius 2 is 1.71 bits per heavy atom. The van der Waals surface area contributed by atoms with Crippen LogP contribution < -0.4 is 14.8 Å². The number of carbonyl (C=O) groups is 2. The molecule has 0 aliphatic heterocycles. The fourth-order valence-corrected chi connectivity index (χ4v) is 2.33. The molecule has 24 heavy (non-hydrogen) atoms. The molecule has 1 aromatic rings. The van der Waals surface area contributed by atoms with Crippen molar-refractivity contribution in [1.82, 2.24) is 5.32 Å². The van der Waals surface area contributed by atoms with E-state index in [4.69, 9.17) is 14.6 Å². The maximum atomic E-state index is 11.9. The maximum Gasteiger partial charge on any atom is 0.303 e. The van der Waals surface area contributed by atoms with Crippen molar-refractivity contribution in [3.8, 4) is 11.5 Å². The fraction of sp³-hybridized carbons (Fsp3) is 0.556. The van der Waals surface area contributed by atoms with Crippen LogP contribution in [0.4, 0.5) is 0 Å². The molecule has 0 aliphatic carbocycles. The number of ether oxygens (including phenoxy) is 2. The molecule has 0 atom stereocenters. The van der Waals surface area contributed by atoms with Gasteiger partial charge in [-0.2, -0.15) is 0 Å². The van der Waals surface area contributed by atoms with Crippen LogP contribution >= 0.6 is 0 Å². The van der Waals surface area contributed by atoms with Crippen LogP contribution in [0.3, 0.4) is 0 Å². The summed E-state index contributed by atoms with van der Waals surface area (Å²) in [4.78, 5) is 22.3. The van der Waals surface area contributed by atoms with Gasteiger partial charge in [0.25, 0.3) is 0 Å². The van der Waals surface area contributed by atoms with Crippen molar-refractivity contribution < 1.29 is 24.2 Å². The Labute approximate surface area is 143 Å². The van der Waals surface area contributed by atoms with Gasteiger partial charge in [0.15, 0.2) is 11.5 Å². The van der Waals surface area contributed by atoms with Crippen molar-refractivity contribution in [2.45, 2.75) is 44.9 Å². The molecule has 1 rings (SSSR count). The number of hydrogen-bond donors (Lipinski definition) is 2. The van der Waals surface area contributed by atoms with Gasteiger partial charge in [0.05, 0.1) is 14.2 Å². The molecule has 134 valence electrons. The van der Waals surface area contributed by atoms with Crippen molar-refractivity contribution in [2.24, 2.45) is 0 Å². The second kappa shape index (κ2) is 9.15. The molecule has 1 amide bonds. The van der Waals surface area contributed by atoms with Crippen LogP contribution in [-0.4, -0.2) is 37.7 Å². The molecule has 0 fully saturated rings. The molecule has 0 aliphatic rings. The molecule has 0 bridgehead atoms. The Kier molecular flexibility index (Phi) is 7.55. The number of unbranched alkanes of at least 4 members (excludes halogenated alkanes) is 1. The summed E-state index contributed by atoms with van der Waals surface area (Å²) in [7, 11) is 3.18. The fourth-order valence-electron chi connectivity index (χ4n) is 2.33. The Hall–Kier alpha value is -2.24. The minimum Gasteiger partial charge on any atom is -0.493 e. The summed E-state index contributed by atoms with van der Waals surface area (Å²) in [6.45, 7) is 4.57. The first-order chi connectivity index (χ1) is 11.3.